The fraction of sp³-hybridized carbons (Fsp3) is 0.250. The second kappa shape index (κ2) is 6.50. The number of fused-ring (bicyclic) bond motifs is 1. The summed E-state index contributed by atoms with van der Waals surface area (Å²) >= 11 is 0. The van der Waals surface area contributed by atoms with Gasteiger partial charge in [0.05, 0.1) is 0 Å². The number of carbonyl (C=O) groups is 1. The van der Waals surface area contributed by atoms with Crippen molar-refractivity contribution in [1.29, 1.82) is 0 Å². The van der Waals surface area contributed by atoms with Crippen molar-refractivity contribution in [2.24, 2.45) is 0 Å². The van der Waals surface area contributed by atoms with Crippen molar-refractivity contribution in [2.45, 2.75) is 19.1 Å². The van der Waals surface area contributed by atoms with Crippen molar-refractivity contribution in [1.82, 2.24) is 30.3 Å². The smallest absolute Gasteiger partial charge is 0.312 e. The van der Waals surface area contributed by atoms with E-state index in [0.29, 0.717) is 6.54 Å². The van der Waals surface area contributed by atoms with Crippen LogP contribution in [0.25, 0.3) is 5.82 Å². The topological polar surface area (TPSA) is 101 Å². The first-order chi connectivity index (χ1) is 12.9. The monoisotopic (exact) mass is 377 g/mol. The van der Waals surface area contributed by atoms with Gasteiger partial charge in [-0.05, 0) is 12.1 Å². The zero-order valence-electron chi connectivity index (χ0n) is 13.8. The Hall–Kier alpha value is -3.21. The summed E-state index contributed by atoms with van der Waals surface area (Å²) in [6.07, 6.45) is -1.29. The Kier molecular flexibility index (Phi) is 4.15. The molecule has 11 heteroatoms. The van der Waals surface area contributed by atoms with Gasteiger partial charge in [0.1, 0.15) is 5.56 Å². The van der Waals surface area contributed by atoms with Gasteiger partial charge in [0, 0.05) is 49.2 Å². The average Bonchev–Trinajstić information content (AvgIpc) is 3.28. The van der Waals surface area contributed by atoms with E-state index < -0.39 is 17.6 Å². The molecule has 0 bridgehead atoms. The molecule has 0 unspecified atom stereocenters. The first kappa shape index (κ1) is 17.2. The van der Waals surface area contributed by atoms with Crippen LogP contribution in [0.1, 0.15) is 27.3 Å². The predicted octanol–water partition coefficient (Wildman–Crippen LogP) is 1.91. The summed E-state index contributed by atoms with van der Waals surface area (Å²) in [5.41, 5.74) is 0.994. The molecule has 140 valence electrons. The third-order valence-corrected chi connectivity index (χ3v) is 4.16. The van der Waals surface area contributed by atoms with Gasteiger partial charge in [0.15, 0.2) is 17.3 Å². The number of halogens is 3. The molecule has 0 saturated carbocycles. The second-order valence-corrected chi connectivity index (χ2v) is 5.93. The number of alkyl halides is 3. The number of amides is 1. The van der Waals surface area contributed by atoms with Gasteiger partial charge >= 0.3 is 6.18 Å². The zero-order valence-corrected chi connectivity index (χ0v) is 13.8. The van der Waals surface area contributed by atoms with E-state index in [-0.39, 0.29) is 17.3 Å². The van der Waals surface area contributed by atoms with Crippen molar-refractivity contribution in [3.8, 4) is 5.82 Å². The Morgan fingerprint density at radius 2 is 2.15 bits per heavy atom. The highest BCUT2D eigenvalue weighted by atomic mass is 19.4. The third-order valence-electron chi connectivity index (χ3n) is 4.16. The molecule has 0 aromatic carbocycles. The molecule has 1 amide bonds. The highest BCUT2D eigenvalue weighted by Gasteiger charge is 2.35. The van der Waals surface area contributed by atoms with Gasteiger partial charge in [-0.15, -0.1) is 5.10 Å². The number of nitrogens with one attached hydrogen (secondary N) is 3. The highest BCUT2D eigenvalue weighted by Crippen LogP contribution is 2.32. The van der Waals surface area contributed by atoms with Crippen LogP contribution in [0, 0.1) is 0 Å². The molecule has 4 rings (SSSR count). The van der Waals surface area contributed by atoms with E-state index in [1.165, 1.54) is 24.5 Å². The maximum absolute atomic E-state index is 13.1. The van der Waals surface area contributed by atoms with Crippen LogP contribution in [0.15, 0.2) is 30.6 Å². The molecule has 0 fully saturated rings. The number of carbonyl (C=O) groups excluding carboxylic acids is 1. The largest absolute Gasteiger partial charge is 0.420 e. The summed E-state index contributed by atoms with van der Waals surface area (Å²) in [7, 11) is 0. The normalized spacial score (nSPS) is 14.0. The number of aromatic nitrogens is 5. The average molecular weight is 377 g/mol. The van der Waals surface area contributed by atoms with Gasteiger partial charge in [0.25, 0.3) is 5.91 Å². The van der Waals surface area contributed by atoms with Crippen molar-refractivity contribution >= 4 is 11.7 Å². The van der Waals surface area contributed by atoms with Gasteiger partial charge < -0.3 is 10.6 Å². The highest BCUT2D eigenvalue weighted by molar-refractivity contribution is 6.03. The van der Waals surface area contributed by atoms with Crippen molar-refractivity contribution in [3.05, 3.63) is 53.1 Å². The fourth-order valence-electron chi connectivity index (χ4n) is 2.90. The molecule has 0 atom stereocenters. The third kappa shape index (κ3) is 3.28. The van der Waals surface area contributed by atoms with Crippen LogP contribution < -0.4 is 10.6 Å². The standard InChI is InChI=1S/C16H14F3N7O/c17-16(18,19)10-2-1-5-21-14(10)26-7-4-12(25-26)22-15(27)13-9-8-20-6-3-11(9)23-24-13/h1-2,4-5,7,20H,3,6,8H2,(H,23,24)(H,22,25,27). The minimum absolute atomic E-state index is 0.0966. The molecule has 0 spiro atoms. The quantitative estimate of drug-likeness (QED) is 0.647. The summed E-state index contributed by atoms with van der Waals surface area (Å²) in [6.45, 7) is 1.32. The number of rotatable bonds is 3. The summed E-state index contributed by atoms with van der Waals surface area (Å²) in [5.74, 6) is -0.760. The van der Waals surface area contributed by atoms with Gasteiger partial charge in [-0.1, -0.05) is 0 Å². The van der Waals surface area contributed by atoms with Crippen molar-refractivity contribution in [2.75, 3.05) is 11.9 Å². The van der Waals surface area contributed by atoms with Gasteiger partial charge in [-0.3, -0.25) is 9.89 Å². The number of H-pyrrole nitrogens is 1. The molecular formula is C16H14F3N7O. The van der Waals surface area contributed by atoms with Gasteiger partial charge in [-0.2, -0.15) is 18.3 Å². The minimum Gasteiger partial charge on any atom is -0.312 e. The summed E-state index contributed by atoms with van der Waals surface area (Å²) in [4.78, 5) is 16.2. The van der Waals surface area contributed by atoms with E-state index >= 15 is 0 Å². The molecule has 3 N–H and O–H groups in total. The SMILES string of the molecule is O=C(Nc1ccn(-c2ncccc2C(F)(F)F)n1)c1n[nH]c2c1CNCC2. The molecule has 3 aromatic rings. The van der Waals surface area contributed by atoms with Crippen LogP contribution in [-0.4, -0.2) is 37.4 Å². The molecule has 27 heavy (non-hydrogen) atoms. The van der Waals surface area contributed by atoms with Crippen molar-refractivity contribution in [3.63, 3.8) is 0 Å². The Morgan fingerprint density at radius 3 is 2.96 bits per heavy atom. The maximum atomic E-state index is 13.1. The number of anilines is 1. The van der Waals surface area contributed by atoms with E-state index in [9.17, 15) is 18.0 Å². The molecule has 0 aliphatic carbocycles. The summed E-state index contributed by atoms with van der Waals surface area (Å²) < 4.78 is 40.4. The molecule has 4 heterocycles. The first-order valence-electron chi connectivity index (χ1n) is 8.10. The molecule has 1 aliphatic rings. The van der Waals surface area contributed by atoms with E-state index in [1.54, 1.807) is 0 Å². The zero-order chi connectivity index (χ0) is 19.0. The van der Waals surface area contributed by atoms with Gasteiger partial charge in [0.2, 0.25) is 0 Å². The van der Waals surface area contributed by atoms with E-state index in [1.807, 2.05) is 0 Å². The molecule has 3 aromatic heterocycles. The Bertz CT molecular complexity index is 992. The summed E-state index contributed by atoms with van der Waals surface area (Å²) in [6, 6.07) is 3.52. The van der Waals surface area contributed by atoms with Crippen LogP contribution in [0.2, 0.25) is 0 Å². The van der Waals surface area contributed by atoms with Crippen LogP contribution >= 0.6 is 0 Å². The Morgan fingerprint density at radius 1 is 1.30 bits per heavy atom. The number of hydrogen-bond donors (Lipinski definition) is 3. The van der Waals surface area contributed by atoms with Crippen LogP contribution in [0.5, 0.6) is 0 Å². The molecule has 0 radical (unpaired) electrons. The molecule has 8 nitrogen and oxygen atoms in total. The van der Waals surface area contributed by atoms with E-state index in [4.69, 9.17) is 0 Å². The number of pyridine rings is 1. The lowest BCUT2D eigenvalue weighted by Crippen LogP contribution is -2.25. The minimum atomic E-state index is -4.57. The summed E-state index contributed by atoms with van der Waals surface area (Å²) in [5, 5.41) is 16.6. The van der Waals surface area contributed by atoms with Crippen LogP contribution in [-0.2, 0) is 19.1 Å². The second-order valence-electron chi connectivity index (χ2n) is 5.93. The maximum Gasteiger partial charge on any atom is 0.420 e. The van der Waals surface area contributed by atoms with Gasteiger partial charge in [-0.25, -0.2) is 9.67 Å². The molecule has 0 saturated heterocycles. The number of aromatic amines is 1. The number of nitrogens with zero attached hydrogens (tertiary/aromatic N) is 4. The van der Waals surface area contributed by atoms with Crippen LogP contribution in [0.4, 0.5) is 19.0 Å². The predicted molar refractivity (Wildman–Crippen MR) is 88.3 cm³/mol. The van der Waals surface area contributed by atoms with Crippen LogP contribution in [0.3, 0.4) is 0 Å². The Labute approximate surface area is 150 Å². The number of hydrogen-bond acceptors (Lipinski definition) is 5. The first-order valence-corrected chi connectivity index (χ1v) is 8.10. The lowest BCUT2D eigenvalue weighted by atomic mass is 10.1. The van der Waals surface area contributed by atoms with E-state index in [0.717, 1.165) is 35.0 Å². The Balaban J connectivity index is 1.58. The lowest BCUT2D eigenvalue weighted by Gasteiger charge is -2.12. The van der Waals surface area contributed by atoms with Crippen molar-refractivity contribution < 1.29 is 18.0 Å². The molecule has 1 aliphatic heterocycles. The molecular weight excluding hydrogens is 363 g/mol. The van der Waals surface area contributed by atoms with E-state index in [2.05, 4.69) is 30.9 Å². The fourth-order valence-corrected chi connectivity index (χ4v) is 2.90. The lowest BCUT2D eigenvalue weighted by molar-refractivity contribution is -0.137.